The molecule has 5 nitrogen and oxygen atoms in total. The zero-order valence-corrected chi connectivity index (χ0v) is 9.97. The number of nitrogens with one attached hydrogen (secondary N) is 1. The zero-order valence-electron chi connectivity index (χ0n) is 9.15. The number of piperazine rings is 1. The van der Waals surface area contributed by atoms with Crippen LogP contribution in [0.2, 0.25) is 0 Å². The Balaban J connectivity index is 2.31. The van der Waals surface area contributed by atoms with Crippen molar-refractivity contribution >= 4 is 23.4 Å². The first-order valence-corrected chi connectivity index (χ1v) is 5.45. The maximum absolute atomic E-state index is 11.1. The summed E-state index contributed by atoms with van der Waals surface area (Å²) >= 11 is 5.10. The minimum Gasteiger partial charge on any atom is -0.450 e. The van der Waals surface area contributed by atoms with Crippen molar-refractivity contribution < 1.29 is 9.53 Å². The van der Waals surface area contributed by atoms with E-state index in [2.05, 4.69) is 17.3 Å². The topological polar surface area (TPSA) is 44.8 Å². The van der Waals surface area contributed by atoms with Gasteiger partial charge in [0.1, 0.15) is 0 Å². The predicted molar refractivity (Wildman–Crippen MR) is 61.8 cm³/mol. The number of nitrogens with zero attached hydrogens (tertiary/aromatic N) is 2. The van der Waals surface area contributed by atoms with Crippen LogP contribution in [0.25, 0.3) is 0 Å². The lowest BCUT2D eigenvalue weighted by atomic mass is 10.3. The molecule has 1 aliphatic rings. The first-order chi connectivity index (χ1) is 7.13. The summed E-state index contributed by atoms with van der Waals surface area (Å²) in [7, 11) is 2.07. The van der Waals surface area contributed by atoms with Gasteiger partial charge in [0.2, 0.25) is 0 Å². The monoisotopic (exact) mass is 231 g/mol. The zero-order chi connectivity index (χ0) is 11.3. The molecule has 0 aromatic heterocycles. The number of thiocarbonyl (C=S) groups is 1. The summed E-state index contributed by atoms with van der Waals surface area (Å²) in [6, 6.07) is 0. The molecule has 0 aromatic rings. The lowest BCUT2D eigenvalue weighted by Crippen LogP contribution is -2.51. The van der Waals surface area contributed by atoms with Crippen LogP contribution in [0.5, 0.6) is 0 Å². The fourth-order valence-electron chi connectivity index (χ4n) is 1.34. The third-order valence-electron chi connectivity index (χ3n) is 2.27. The summed E-state index contributed by atoms with van der Waals surface area (Å²) in [5, 5.41) is 3.00. The molecule has 1 heterocycles. The van der Waals surface area contributed by atoms with Crippen LogP contribution < -0.4 is 5.32 Å². The third kappa shape index (κ3) is 4.01. The van der Waals surface area contributed by atoms with E-state index in [4.69, 9.17) is 17.0 Å². The lowest BCUT2D eigenvalue weighted by Gasteiger charge is -2.33. The van der Waals surface area contributed by atoms with Gasteiger partial charge in [-0.15, -0.1) is 0 Å². The highest BCUT2D eigenvalue weighted by Gasteiger charge is 2.17. The molecule has 0 bridgehead atoms. The second kappa shape index (κ2) is 5.87. The van der Waals surface area contributed by atoms with Gasteiger partial charge in [-0.3, -0.25) is 5.32 Å². The lowest BCUT2D eigenvalue weighted by molar-refractivity contribution is 0.155. The van der Waals surface area contributed by atoms with Gasteiger partial charge >= 0.3 is 6.09 Å². The van der Waals surface area contributed by atoms with Crippen molar-refractivity contribution in [3.05, 3.63) is 0 Å². The summed E-state index contributed by atoms with van der Waals surface area (Å²) in [6.07, 6.45) is -0.471. The van der Waals surface area contributed by atoms with Gasteiger partial charge in [-0.25, -0.2) is 4.79 Å². The van der Waals surface area contributed by atoms with Gasteiger partial charge in [0, 0.05) is 26.2 Å². The Morgan fingerprint density at radius 2 is 2.00 bits per heavy atom. The van der Waals surface area contributed by atoms with Crippen molar-refractivity contribution in [2.75, 3.05) is 39.8 Å². The van der Waals surface area contributed by atoms with Crippen LogP contribution in [-0.2, 0) is 4.74 Å². The third-order valence-corrected chi connectivity index (χ3v) is 2.64. The molecule has 86 valence electrons. The molecule has 0 aliphatic carbocycles. The van der Waals surface area contributed by atoms with Crippen molar-refractivity contribution in [1.29, 1.82) is 0 Å². The van der Waals surface area contributed by atoms with Crippen LogP contribution >= 0.6 is 12.2 Å². The number of alkyl carbamates (subject to hydrolysis) is 1. The maximum Gasteiger partial charge on any atom is 0.413 e. The molecule has 0 spiro atoms. The molecule has 0 aromatic carbocycles. The Morgan fingerprint density at radius 1 is 1.40 bits per heavy atom. The van der Waals surface area contributed by atoms with E-state index < -0.39 is 6.09 Å². The van der Waals surface area contributed by atoms with Crippen LogP contribution in [0.15, 0.2) is 0 Å². The number of amides is 1. The SMILES string of the molecule is CCOC(=O)NC(=S)N1CCN(C)CC1. The van der Waals surface area contributed by atoms with Gasteiger partial charge in [0.15, 0.2) is 5.11 Å². The molecule has 0 radical (unpaired) electrons. The van der Waals surface area contributed by atoms with Crippen LogP contribution in [0.3, 0.4) is 0 Å². The highest BCUT2D eigenvalue weighted by atomic mass is 32.1. The number of carbonyl (C=O) groups excluding carboxylic acids is 1. The molecule has 1 aliphatic heterocycles. The highest BCUT2D eigenvalue weighted by molar-refractivity contribution is 7.80. The molecular formula is C9H17N3O2S. The fraction of sp³-hybridized carbons (Fsp3) is 0.778. The second-order valence-corrected chi connectivity index (χ2v) is 3.83. The Bertz CT molecular complexity index is 240. The normalized spacial score (nSPS) is 17.3. The van der Waals surface area contributed by atoms with Gasteiger partial charge in [0.05, 0.1) is 6.61 Å². The summed E-state index contributed by atoms with van der Waals surface area (Å²) in [5.41, 5.74) is 0. The van der Waals surface area contributed by atoms with Gasteiger partial charge in [-0.2, -0.15) is 0 Å². The summed E-state index contributed by atoms with van der Waals surface area (Å²) < 4.78 is 4.75. The number of likely N-dealkylation sites (N-methyl/N-ethyl adjacent to an activating group) is 1. The van der Waals surface area contributed by atoms with Crippen molar-refractivity contribution in [3.8, 4) is 0 Å². The highest BCUT2D eigenvalue weighted by Crippen LogP contribution is 1.99. The van der Waals surface area contributed by atoms with E-state index in [1.807, 2.05) is 4.90 Å². The summed E-state index contributed by atoms with van der Waals surface area (Å²) in [6.45, 7) is 5.74. The van der Waals surface area contributed by atoms with E-state index in [0.29, 0.717) is 11.7 Å². The first kappa shape index (κ1) is 12.2. The molecule has 0 unspecified atom stereocenters. The Kier molecular flexibility index (Phi) is 4.77. The van der Waals surface area contributed by atoms with E-state index in [9.17, 15) is 4.79 Å². The van der Waals surface area contributed by atoms with E-state index >= 15 is 0 Å². The molecule has 15 heavy (non-hydrogen) atoms. The minimum absolute atomic E-state index is 0.358. The predicted octanol–water partition coefficient (Wildman–Crippen LogP) is 0.265. The molecule has 0 saturated carbocycles. The van der Waals surface area contributed by atoms with Crippen molar-refractivity contribution in [3.63, 3.8) is 0 Å². The first-order valence-electron chi connectivity index (χ1n) is 5.04. The van der Waals surface area contributed by atoms with Gasteiger partial charge in [-0.1, -0.05) is 0 Å². The molecule has 6 heteroatoms. The number of hydrogen-bond acceptors (Lipinski definition) is 4. The maximum atomic E-state index is 11.1. The Hall–Kier alpha value is -0.880. The molecule has 1 N–H and O–H groups in total. The molecular weight excluding hydrogens is 214 g/mol. The van der Waals surface area contributed by atoms with Crippen molar-refractivity contribution in [2.24, 2.45) is 0 Å². The van der Waals surface area contributed by atoms with Crippen LogP contribution in [-0.4, -0.2) is 60.8 Å². The molecule has 1 fully saturated rings. The standard InChI is InChI=1S/C9H17N3O2S/c1-3-14-9(13)10-8(15)12-6-4-11(2)5-7-12/h3-7H2,1-2H3,(H,10,13,15). The number of ether oxygens (including phenoxy) is 1. The molecule has 1 amide bonds. The Labute approximate surface area is 95.4 Å². The van der Waals surface area contributed by atoms with Crippen LogP contribution in [0, 0.1) is 0 Å². The van der Waals surface area contributed by atoms with E-state index in [0.717, 1.165) is 26.2 Å². The van der Waals surface area contributed by atoms with E-state index in [1.54, 1.807) is 6.92 Å². The van der Waals surface area contributed by atoms with Crippen LogP contribution in [0.4, 0.5) is 4.79 Å². The second-order valence-electron chi connectivity index (χ2n) is 3.44. The summed E-state index contributed by atoms with van der Waals surface area (Å²) in [4.78, 5) is 15.3. The molecule has 1 rings (SSSR count). The molecule has 1 saturated heterocycles. The molecule has 0 atom stereocenters. The van der Waals surface area contributed by atoms with Crippen molar-refractivity contribution in [1.82, 2.24) is 15.1 Å². The average molecular weight is 231 g/mol. The summed E-state index contributed by atoms with van der Waals surface area (Å²) in [5.74, 6) is 0. The fourth-order valence-corrected chi connectivity index (χ4v) is 1.61. The quantitative estimate of drug-likeness (QED) is 0.656. The Morgan fingerprint density at radius 3 is 2.53 bits per heavy atom. The van der Waals surface area contributed by atoms with Crippen LogP contribution in [0.1, 0.15) is 6.92 Å². The smallest absolute Gasteiger partial charge is 0.413 e. The number of hydrogen-bond donors (Lipinski definition) is 1. The largest absolute Gasteiger partial charge is 0.450 e. The number of carbonyl (C=O) groups is 1. The average Bonchev–Trinajstić information content (AvgIpc) is 2.18. The van der Waals surface area contributed by atoms with E-state index in [-0.39, 0.29) is 0 Å². The minimum atomic E-state index is -0.471. The van der Waals surface area contributed by atoms with Gasteiger partial charge in [-0.05, 0) is 26.2 Å². The number of rotatable bonds is 1. The van der Waals surface area contributed by atoms with Crippen molar-refractivity contribution in [2.45, 2.75) is 6.92 Å². The van der Waals surface area contributed by atoms with Gasteiger partial charge in [0.25, 0.3) is 0 Å². The van der Waals surface area contributed by atoms with E-state index in [1.165, 1.54) is 0 Å². The van der Waals surface area contributed by atoms with Gasteiger partial charge < -0.3 is 14.5 Å².